The highest BCUT2D eigenvalue weighted by Gasteiger charge is 2.09. The molecule has 0 heterocycles. The third-order valence-corrected chi connectivity index (χ3v) is 3.86. The largest absolute Gasteiger partial charge is 0.508 e. The average Bonchev–Trinajstić information content (AvgIpc) is 2.55. The molecule has 3 aromatic rings. The monoisotopic (exact) mass is 336 g/mol. The first-order valence-corrected chi connectivity index (χ1v) is 7.84. The number of phenolic OH excluding ortho intramolecular Hbond substituents is 1. The van der Waals surface area contributed by atoms with Crippen LogP contribution in [0.25, 0.3) is 10.8 Å². The Labute approximate surface area is 145 Å². The number of anilines is 1. The molecular weight excluding hydrogens is 320 g/mol. The molecule has 0 spiro atoms. The maximum atomic E-state index is 12.2. The molecule has 3 rings (SSSR count). The molecule has 0 unspecified atom stereocenters. The molecule has 120 valence electrons. The molecule has 0 aliphatic rings. The topological polar surface area (TPSA) is 61.4 Å². The molecule has 0 saturated heterocycles. The Kier molecular flexibility index (Phi) is 4.44. The highest BCUT2D eigenvalue weighted by molar-refractivity contribution is 7.80. The first-order valence-electron chi connectivity index (χ1n) is 7.44. The highest BCUT2D eigenvalue weighted by atomic mass is 32.1. The summed E-state index contributed by atoms with van der Waals surface area (Å²) in [5.74, 6) is -0.0553. The number of aryl methyl sites for hydroxylation is 1. The van der Waals surface area contributed by atoms with E-state index < -0.39 is 0 Å². The smallest absolute Gasteiger partial charge is 0.257 e. The van der Waals surface area contributed by atoms with Gasteiger partial charge in [-0.3, -0.25) is 10.1 Å². The normalized spacial score (nSPS) is 10.4. The lowest BCUT2D eigenvalue weighted by molar-refractivity contribution is 0.0977. The van der Waals surface area contributed by atoms with Gasteiger partial charge in [-0.25, -0.2) is 0 Å². The van der Waals surface area contributed by atoms with Crippen LogP contribution in [-0.2, 0) is 0 Å². The summed E-state index contributed by atoms with van der Waals surface area (Å²) >= 11 is 5.23. The van der Waals surface area contributed by atoms with Crippen LogP contribution in [0.4, 0.5) is 5.69 Å². The van der Waals surface area contributed by atoms with Crippen molar-refractivity contribution in [2.24, 2.45) is 0 Å². The van der Waals surface area contributed by atoms with Gasteiger partial charge in [-0.1, -0.05) is 29.8 Å². The fraction of sp³-hybridized carbons (Fsp3) is 0.0526. The van der Waals surface area contributed by atoms with Crippen molar-refractivity contribution in [1.29, 1.82) is 0 Å². The maximum Gasteiger partial charge on any atom is 0.257 e. The third-order valence-electron chi connectivity index (χ3n) is 3.65. The Morgan fingerprint density at radius 1 is 1.04 bits per heavy atom. The summed E-state index contributed by atoms with van der Waals surface area (Å²) in [6, 6.07) is 18.0. The summed E-state index contributed by atoms with van der Waals surface area (Å²) in [5.41, 5.74) is 2.40. The van der Waals surface area contributed by atoms with Crippen molar-refractivity contribution in [1.82, 2.24) is 5.32 Å². The number of phenols is 1. The summed E-state index contributed by atoms with van der Waals surface area (Å²) in [6.45, 7) is 1.96. The minimum Gasteiger partial charge on any atom is -0.508 e. The minimum absolute atomic E-state index is 0.204. The summed E-state index contributed by atoms with van der Waals surface area (Å²) in [5, 5.41) is 17.3. The lowest BCUT2D eigenvalue weighted by Crippen LogP contribution is -2.34. The van der Waals surface area contributed by atoms with Crippen molar-refractivity contribution in [3.05, 3.63) is 71.8 Å². The summed E-state index contributed by atoms with van der Waals surface area (Å²) in [7, 11) is 0. The fourth-order valence-corrected chi connectivity index (χ4v) is 2.62. The Hall–Kier alpha value is -2.92. The number of carbonyl (C=O) groups is 1. The van der Waals surface area contributed by atoms with Crippen LogP contribution < -0.4 is 10.6 Å². The van der Waals surface area contributed by atoms with E-state index in [-0.39, 0.29) is 16.8 Å². The van der Waals surface area contributed by atoms with Crippen molar-refractivity contribution in [3.63, 3.8) is 0 Å². The van der Waals surface area contributed by atoms with Crippen molar-refractivity contribution in [2.45, 2.75) is 6.92 Å². The number of hydrogen-bond acceptors (Lipinski definition) is 3. The summed E-state index contributed by atoms with van der Waals surface area (Å²) in [4.78, 5) is 12.2. The number of carbonyl (C=O) groups excluding carboxylic acids is 1. The highest BCUT2D eigenvalue weighted by Crippen LogP contribution is 2.26. The molecule has 0 atom stereocenters. The molecule has 0 fully saturated rings. The molecular formula is C19H16N2O2S. The molecule has 1 amide bonds. The lowest BCUT2D eigenvalue weighted by atomic mass is 10.1. The van der Waals surface area contributed by atoms with Crippen LogP contribution in [0.3, 0.4) is 0 Å². The summed E-state index contributed by atoms with van der Waals surface area (Å²) < 4.78 is 0. The molecule has 4 nitrogen and oxygen atoms in total. The van der Waals surface area contributed by atoms with E-state index in [4.69, 9.17) is 12.2 Å². The average molecular weight is 336 g/mol. The van der Waals surface area contributed by atoms with E-state index in [1.165, 1.54) is 0 Å². The van der Waals surface area contributed by atoms with E-state index in [2.05, 4.69) is 10.6 Å². The van der Waals surface area contributed by atoms with Gasteiger partial charge in [0, 0.05) is 16.6 Å². The zero-order valence-corrected chi connectivity index (χ0v) is 13.9. The fourth-order valence-electron chi connectivity index (χ4n) is 2.41. The van der Waals surface area contributed by atoms with Gasteiger partial charge in [-0.15, -0.1) is 0 Å². The van der Waals surface area contributed by atoms with Crippen LogP contribution in [0.1, 0.15) is 15.9 Å². The molecule has 0 saturated carbocycles. The predicted molar refractivity (Wildman–Crippen MR) is 100 cm³/mol. The summed E-state index contributed by atoms with van der Waals surface area (Å²) in [6.07, 6.45) is 0. The van der Waals surface area contributed by atoms with Crippen LogP contribution in [0.15, 0.2) is 60.7 Å². The van der Waals surface area contributed by atoms with Gasteiger partial charge < -0.3 is 10.4 Å². The van der Waals surface area contributed by atoms with E-state index >= 15 is 0 Å². The standard InChI is InChI=1S/C19H16N2O2S/c1-12-5-7-13(8-6-12)18(23)21-19(24)20-17-4-2-3-14-11-15(22)9-10-16(14)17/h2-11,22H,1H3,(H2,20,21,23,24). The predicted octanol–water partition coefficient (Wildman–Crippen LogP) is 3.98. The molecule has 0 aliphatic carbocycles. The number of rotatable bonds is 2. The van der Waals surface area contributed by atoms with Gasteiger partial charge in [0.2, 0.25) is 0 Å². The van der Waals surface area contributed by atoms with Gasteiger partial charge in [0.1, 0.15) is 5.75 Å². The minimum atomic E-state index is -0.259. The Balaban J connectivity index is 1.75. The molecule has 3 aromatic carbocycles. The second-order valence-electron chi connectivity index (χ2n) is 5.49. The van der Waals surface area contributed by atoms with Crippen LogP contribution in [0.2, 0.25) is 0 Å². The van der Waals surface area contributed by atoms with Crippen LogP contribution >= 0.6 is 12.2 Å². The number of amides is 1. The van der Waals surface area contributed by atoms with Crippen molar-refractivity contribution in [2.75, 3.05) is 5.32 Å². The molecule has 5 heteroatoms. The SMILES string of the molecule is Cc1ccc(C(=O)NC(=S)Nc2cccc3cc(O)ccc23)cc1. The van der Waals surface area contributed by atoms with Crippen molar-refractivity contribution >= 4 is 39.7 Å². The number of nitrogens with one attached hydrogen (secondary N) is 2. The second kappa shape index (κ2) is 6.68. The molecule has 24 heavy (non-hydrogen) atoms. The number of thiocarbonyl (C=S) groups is 1. The first kappa shape index (κ1) is 16.0. The number of hydrogen-bond donors (Lipinski definition) is 3. The Bertz CT molecular complexity index is 920. The van der Waals surface area contributed by atoms with Gasteiger partial charge >= 0.3 is 0 Å². The number of aromatic hydroxyl groups is 1. The van der Waals surface area contributed by atoms with Gasteiger partial charge in [0.25, 0.3) is 5.91 Å². The molecule has 0 aliphatic heterocycles. The van der Waals surface area contributed by atoms with Crippen LogP contribution in [0.5, 0.6) is 5.75 Å². The van der Waals surface area contributed by atoms with E-state index in [1.54, 1.807) is 30.3 Å². The zero-order chi connectivity index (χ0) is 17.1. The first-order chi connectivity index (χ1) is 11.5. The van der Waals surface area contributed by atoms with E-state index in [0.29, 0.717) is 5.56 Å². The molecule has 3 N–H and O–H groups in total. The molecule has 0 aromatic heterocycles. The Morgan fingerprint density at radius 2 is 1.79 bits per heavy atom. The Morgan fingerprint density at radius 3 is 2.54 bits per heavy atom. The van der Waals surface area contributed by atoms with Crippen LogP contribution in [0, 0.1) is 6.92 Å². The van der Waals surface area contributed by atoms with E-state index in [9.17, 15) is 9.90 Å². The van der Waals surface area contributed by atoms with Crippen molar-refractivity contribution in [3.8, 4) is 5.75 Å². The third kappa shape index (κ3) is 3.52. The number of benzene rings is 3. The van der Waals surface area contributed by atoms with Gasteiger partial charge in [0.15, 0.2) is 5.11 Å². The van der Waals surface area contributed by atoms with Gasteiger partial charge in [0.05, 0.1) is 0 Å². The zero-order valence-electron chi connectivity index (χ0n) is 13.0. The van der Waals surface area contributed by atoms with E-state index in [0.717, 1.165) is 22.0 Å². The van der Waals surface area contributed by atoms with Crippen LogP contribution in [-0.4, -0.2) is 16.1 Å². The molecule has 0 bridgehead atoms. The van der Waals surface area contributed by atoms with E-state index in [1.807, 2.05) is 37.3 Å². The number of fused-ring (bicyclic) bond motifs is 1. The molecule has 0 radical (unpaired) electrons. The maximum absolute atomic E-state index is 12.2. The second-order valence-corrected chi connectivity index (χ2v) is 5.89. The van der Waals surface area contributed by atoms with Crippen molar-refractivity contribution < 1.29 is 9.90 Å². The van der Waals surface area contributed by atoms with Gasteiger partial charge in [-0.05, 0) is 60.9 Å². The van der Waals surface area contributed by atoms with Gasteiger partial charge in [-0.2, -0.15) is 0 Å². The quantitative estimate of drug-likeness (QED) is 0.620. The lowest BCUT2D eigenvalue weighted by Gasteiger charge is -2.12.